The van der Waals surface area contributed by atoms with E-state index in [4.69, 9.17) is 9.40 Å². The van der Waals surface area contributed by atoms with Gasteiger partial charge in [0.2, 0.25) is 0 Å². The van der Waals surface area contributed by atoms with Gasteiger partial charge in [-0.05, 0) is 70.5 Å². The third-order valence-corrected chi connectivity index (χ3v) is 6.09. The Morgan fingerprint density at radius 3 is 2.45 bits per heavy atom. The van der Waals surface area contributed by atoms with Crippen molar-refractivity contribution in [3.63, 3.8) is 0 Å². The van der Waals surface area contributed by atoms with E-state index in [-0.39, 0.29) is 5.41 Å². The summed E-state index contributed by atoms with van der Waals surface area (Å²) in [4.78, 5) is 9.29. The second kappa shape index (κ2) is 8.15. The van der Waals surface area contributed by atoms with Gasteiger partial charge < -0.3 is 4.42 Å². The van der Waals surface area contributed by atoms with Crippen LogP contribution >= 0.6 is 0 Å². The molecule has 3 heterocycles. The summed E-state index contributed by atoms with van der Waals surface area (Å²) in [5.74, 6) is 1.41. The predicted octanol–water partition coefficient (Wildman–Crippen LogP) is 8.21. The molecule has 0 aliphatic heterocycles. The fraction of sp³-hybridized carbons (Fsp3) is 0.267. The number of pyridine rings is 2. The Morgan fingerprint density at radius 2 is 1.67 bits per heavy atom. The largest absolute Gasteiger partial charge is 0.454 e. The minimum atomic E-state index is 0.0344. The highest BCUT2D eigenvalue weighted by molar-refractivity contribution is 5.91. The molecule has 3 aromatic heterocycles. The molecule has 0 radical (unpaired) electrons. The number of hydrogen-bond donors (Lipinski definition) is 0. The highest BCUT2D eigenvalue weighted by atomic mass is 16.3. The molecule has 5 aromatic rings. The number of hydrogen-bond acceptors (Lipinski definition) is 3. The van der Waals surface area contributed by atoms with E-state index in [0.29, 0.717) is 5.92 Å². The van der Waals surface area contributed by atoms with Crippen LogP contribution in [-0.4, -0.2) is 9.97 Å². The van der Waals surface area contributed by atoms with Crippen LogP contribution in [0.5, 0.6) is 0 Å². The van der Waals surface area contributed by atoms with Gasteiger partial charge in [0, 0.05) is 28.4 Å². The van der Waals surface area contributed by atoms with Gasteiger partial charge in [-0.1, -0.05) is 58.9 Å². The maximum atomic E-state index is 6.16. The number of rotatable bonds is 4. The SMILES string of the molecule is CC(C)Cc1cc2cc(-c3ccnc(-c4cc(C(C)(C)C)c5ccccc5c4)c3)oc2cn1. The zero-order valence-corrected chi connectivity index (χ0v) is 20.0. The Balaban J connectivity index is 1.58. The molecular weight excluding hydrogens is 404 g/mol. The molecule has 2 aromatic carbocycles. The number of fused-ring (bicyclic) bond motifs is 2. The highest BCUT2D eigenvalue weighted by Crippen LogP contribution is 2.36. The molecular formula is C30H30N2O. The van der Waals surface area contributed by atoms with Crippen molar-refractivity contribution in [3.8, 4) is 22.6 Å². The van der Waals surface area contributed by atoms with Crippen molar-refractivity contribution in [1.82, 2.24) is 9.97 Å². The quantitative estimate of drug-likeness (QED) is 0.286. The van der Waals surface area contributed by atoms with E-state index in [0.717, 1.165) is 45.7 Å². The third-order valence-electron chi connectivity index (χ3n) is 6.09. The standard InChI is InChI=1S/C30H30N2O/c1-19(2)12-24-14-23-17-28(33-29(23)18-32-24)21-10-11-31-27(16-21)22-13-20-8-6-7-9-25(20)26(15-22)30(3,4)5/h6-11,13-19H,12H2,1-5H3. The van der Waals surface area contributed by atoms with Gasteiger partial charge in [-0.2, -0.15) is 0 Å². The van der Waals surface area contributed by atoms with Crippen molar-refractivity contribution in [2.45, 2.75) is 46.5 Å². The Hall–Kier alpha value is -3.46. The molecule has 0 saturated heterocycles. The Bertz CT molecular complexity index is 1450. The van der Waals surface area contributed by atoms with Crippen molar-refractivity contribution in [2.75, 3.05) is 0 Å². The van der Waals surface area contributed by atoms with E-state index in [2.05, 4.69) is 94.2 Å². The van der Waals surface area contributed by atoms with Crippen molar-refractivity contribution >= 4 is 21.7 Å². The third kappa shape index (κ3) is 4.28. The summed E-state index contributed by atoms with van der Waals surface area (Å²) < 4.78 is 6.16. The van der Waals surface area contributed by atoms with Gasteiger partial charge in [-0.25, -0.2) is 0 Å². The molecule has 0 atom stereocenters. The Morgan fingerprint density at radius 1 is 0.848 bits per heavy atom. The summed E-state index contributed by atoms with van der Waals surface area (Å²) in [5, 5.41) is 3.63. The van der Waals surface area contributed by atoms with E-state index in [1.165, 1.54) is 16.3 Å². The van der Waals surface area contributed by atoms with Gasteiger partial charge >= 0.3 is 0 Å². The van der Waals surface area contributed by atoms with Crippen LogP contribution in [0.4, 0.5) is 0 Å². The first-order valence-electron chi connectivity index (χ1n) is 11.7. The molecule has 0 N–H and O–H groups in total. The Labute approximate surface area is 195 Å². The highest BCUT2D eigenvalue weighted by Gasteiger charge is 2.19. The summed E-state index contributed by atoms with van der Waals surface area (Å²) in [6.45, 7) is 11.2. The summed E-state index contributed by atoms with van der Waals surface area (Å²) in [5.41, 5.74) is 6.37. The minimum Gasteiger partial charge on any atom is -0.454 e. The molecule has 3 nitrogen and oxygen atoms in total. The predicted molar refractivity (Wildman–Crippen MR) is 137 cm³/mol. The van der Waals surface area contributed by atoms with E-state index >= 15 is 0 Å². The molecule has 0 spiro atoms. The van der Waals surface area contributed by atoms with Crippen molar-refractivity contribution in [3.05, 3.63) is 84.3 Å². The first-order chi connectivity index (χ1) is 15.8. The average molecular weight is 435 g/mol. The molecule has 0 bridgehead atoms. The lowest BCUT2D eigenvalue weighted by molar-refractivity contribution is 0.596. The second-order valence-corrected chi connectivity index (χ2v) is 10.3. The number of furan rings is 1. The maximum absolute atomic E-state index is 6.16. The second-order valence-electron chi connectivity index (χ2n) is 10.3. The summed E-state index contributed by atoms with van der Waals surface area (Å²) in [7, 11) is 0. The van der Waals surface area contributed by atoms with Crippen LogP contribution in [0.3, 0.4) is 0 Å². The number of benzene rings is 2. The molecule has 0 saturated carbocycles. The van der Waals surface area contributed by atoms with E-state index in [1.807, 2.05) is 18.5 Å². The van der Waals surface area contributed by atoms with Gasteiger partial charge in [-0.15, -0.1) is 0 Å². The summed E-state index contributed by atoms with van der Waals surface area (Å²) in [6.07, 6.45) is 4.68. The molecule has 0 amide bonds. The lowest BCUT2D eigenvalue weighted by atomic mass is 9.82. The molecule has 5 rings (SSSR count). The molecule has 166 valence electrons. The normalized spacial score (nSPS) is 12.2. The molecule has 0 aliphatic rings. The monoisotopic (exact) mass is 434 g/mol. The molecule has 33 heavy (non-hydrogen) atoms. The van der Waals surface area contributed by atoms with Crippen LogP contribution < -0.4 is 0 Å². The van der Waals surface area contributed by atoms with Gasteiger partial charge in [0.25, 0.3) is 0 Å². The molecule has 0 fully saturated rings. The maximum Gasteiger partial charge on any atom is 0.153 e. The van der Waals surface area contributed by atoms with Crippen LogP contribution in [-0.2, 0) is 11.8 Å². The number of nitrogens with zero attached hydrogens (tertiary/aromatic N) is 2. The van der Waals surface area contributed by atoms with Gasteiger partial charge in [0.1, 0.15) is 5.76 Å². The molecule has 3 heteroatoms. The van der Waals surface area contributed by atoms with Crippen LogP contribution in [0.2, 0.25) is 0 Å². The number of aromatic nitrogens is 2. The van der Waals surface area contributed by atoms with Crippen LogP contribution in [0.15, 0.2) is 77.5 Å². The summed E-state index contributed by atoms with van der Waals surface area (Å²) in [6, 6.07) is 21.5. The van der Waals surface area contributed by atoms with Gasteiger partial charge in [-0.3, -0.25) is 9.97 Å². The van der Waals surface area contributed by atoms with Crippen LogP contribution in [0, 0.1) is 5.92 Å². The molecule has 0 unspecified atom stereocenters. The fourth-order valence-corrected chi connectivity index (χ4v) is 4.48. The van der Waals surface area contributed by atoms with E-state index in [1.54, 1.807) is 0 Å². The van der Waals surface area contributed by atoms with Crippen LogP contribution in [0.25, 0.3) is 44.3 Å². The first-order valence-corrected chi connectivity index (χ1v) is 11.7. The minimum absolute atomic E-state index is 0.0344. The fourth-order valence-electron chi connectivity index (χ4n) is 4.48. The van der Waals surface area contributed by atoms with Crippen LogP contribution in [0.1, 0.15) is 45.9 Å². The smallest absolute Gasteiger partial charge is 0.153 e. The van der Waals surface area contributed by atoms with Crippen molar-refractivity contribution in [1.29, 1.82) is 0 Å². The topological polar surface area (TPSA) is 38.9 Å². The summed E-state index contributed by atoms with van der Waals surface area (Å²) >= 11 is 0. The van der Waals surface area contributed by atoms with Gasteiger partial charge in [0.05, 0.1) is 11.9 Å². The van der Waals surface area contributed by atoms with Gasteiger partial charge in [0.15, 0.2) is 5.58 Å². The zero-order valence-electron chi connectivity index (χ0n) is 20.0. The lowest BCUT2D eigenvalue weighted by Crippen LogP contribution is -2.12. The van der Waals surface area contributed by atoms with E-state index < -0.39 is 0 Å². The molecule has 0 aliphatic carbocycles. The lowest BCUT2D eigenvalue weighted by Gasteiger charge is -2.22. The first kappa shape index (κ1) is 21.4. The van der Waals surface area contributed by atoms with E-state index in [9.17, 15) is 0 Å². The Kier molecular flexibility index (Phi) is 5.28. The zero-order chi connectivity index (χ0) is 23.2. The van der Waals surface area contributed by atoms with Crippen molar-refractivity contribution in [2.24, 2.45) is 5.92 Å². The average Bonchev–Trinajstić information content (AvgIpc) is 3.21. The van der Waals surface area contributed by atoms with Crippen molar-refractivity contribution < 1.29 is 4.42 Å².